The van der Waals surface area contributed by atoms with Crippen LogP contribution in [0.25, 0.3) is 0 Å². The van der Waals surface area contributed by atoms with Crippen LogP contribution in [0.4, 0.5) is 0 Å². The third-order valence-electron chi connectivity index (χ3n) is 2.74. The number of aryl methyl sites for hydroxylation is 1. The number of nitrogens with two attached hydrogens (primary N) is 1. The fraction of sp³-hybridized carbons (Fsp3) is 0.154. The minimum Gasteiger partial charge on any atom is -0.271 e. The molecule has 0 amide bonds. The van der Waals surface area contributed by atoms with Gasteiger partial charge in [-0.05, 0) is 41.8 Å². The van der Waals surface area contributed by atoms with Crippen molar-refractivity contribution in [1.82, 2.24) is 10.4 Å². The summed E-state index contributed by atoms with van der Waals surface area (Å²) in [7, 11) is 0. The van der Waals surface area contributed by atoms with E-state index in [0.717, 1.165) is 21.7 Å². The van der Waals surface area contributed by atoms with Crippen molar-refractivity contribution < 1.29 is 0 Å². The molecule has 0 spiro atoms. The lowest BCUT2D eigenvalue weighted by atomic mass is 9.97. The van der Waals surface area contributed by atoms with Crippen LogP contribution in [0.3, 0.4) is 0 Å². The summed E-state index contributed by atoms with van der Waals surface area (Å²) in [5, 5.41) is 0.718. The average molecular weight is 248 g/mol. The lowest BCUT2D eigenvalue weighted by Crippen LogP contribution is -2.29. The van der Waals surface area contributed by atoms with E-state index in [9.17, 15) is 0 Å². The number of nitrogens with zero attached hydrogens (tertiary/aromatic N) is 1. The van der Waals surface area contributed by atoms with Crippen LogP contribution in [0.1, 0.15) is 22.7 Å². The summed E-state index contributed by atoms with van der Waals surface area (Å²) in [6.07, 6.45) is 3.60. The van der Waals surface area contributed by atoms with Crippen LogP contribution in [0.15, 0.2) is 42.7 Å². The second-order valence-electron chi connectivity index (χ2n) is 3.88. The van der Waals surface area contributed by atoms with Gasteiger partial charge in [-0.3, -0.25) is 10.8 Å². The highest BCUT2D eigenvalue weighted by molar-refractivity contribution is 6.30. The zero-order chi connectivity index (χ0) is 12.3. The maximum Gasteiger partial charge on any atom is 0.0713 e. The maximum absolute atomic E-state index is 5.88. The Morgan fingerprint density at radius 1 is 1.24 bits per heavy atom. The summed E-state index contributed by atoms with van der Waals surface area (Å²) in [4.78, 5) is 4.08. The van der Waals surface area contributed by atoms with E-state index < -0.39 is 0 Å². The second-order valence-corrected chi connectivity index (χ2v) is 4.32. The van der Waals surface area contributed by atoms with Crippen LogP contribution < -0.4 is 11.3 Å². The summed E-state index contributed by atoms with van der Waals surface area (Å²) in [5.74, 6) is 5.64. The molecule has 0 aliphatic rings. The Kier molecular flexibility index (Phi) is 3.74. The highest BCUT2D eigenvalue weighted by Crippen LogP contribution is 2.24. The van der Waals surface area contributed by atoms with E-state index in [2.05, 4.69) is 10.4 Å². The molecule has 0 saturated carbocycles. The summed E-state index contributed by atoms with van der Waals surface area (Å²) in [6, 6.07) is 9.57. The monoisotopic (exact) mass is 247 g/mol. The van der Waals surface area contributed by atoms with Crippen LogP contribution in [0, 0.1) is 6.92 Å². The zero-order valence-electron chi connectivity index (χ0n) is 9.52. The lowest BCUT2D eigenvalue weighted by molar-refractivity contribution is 0.633. The Hall–Kier alpha value is -1.42. The predicted molar refractivity (Wildman–Crippen MR) is 69.6 cm³/mol. The lowest BCUT2D eigenvalue weighted by Gasteiger charge is -2.18. The number of benzene rings is 1. The molecule has 3 nitrogen and oxygen atoms in total. The van der Waals surface area contributed by atoms with Gasteiger partial charge in [-0.25, -0.2) is 5.43 Å². The molecule has 3 N–H and O–H groups in total. The summed E-state index contributed by atoms with van der Waals surface area (Å²) >= 11 is 5.88. The van der Waals surface area contributed by atoms with Crippen LogP contribution in [-0.2, 0) is 0 Å². The number of halogens is 1. The largest absolute Gasteiger partial charge is 0.271 e. The van der Waals surface area contributed by atoms with E-state index in [4.69, 9.17) is 17.4 Å². The molecule has 1 atom stereocenters. The SMILES string of the molecule is Cc1cnccc1C(NN)c1ccc(Cl)cc1. The number of aromatic nitrogens is 1. The molecule has 2 aromatic rings. The van der Waals surface area contributed by atoms with Crippen LogP contribution in [-0.4, -0.2) is 4.98 Å². The van der Waals surface area contributed by atoms with Gasteiger partial charge in [-0.2, -0.15) is 0 Å². The van der Waals surface area contributed by atoms with Crippen molar-refractivity contribution in [3.8, 4) is 0 Å². The van der Waals surface area contributed by atoms with Gasteiger partial charge in [0.15, 0.2) is 0 Å². The smallest absolute Gasteiger partial charge is 0.0713 e. The molecule has 0 radical (unpaired) electrons. The fourth-order valence-electron chi connectivity index (χ4n) is 1.83. The summed E-state index contributed by atoms with van der Waals surface area (Å²) < 4.78 is 0. The van der Waals surface area contributed by atoms with Crippen LogP contribution in [0.2, 0.25) is 5.02 Å². The Morgan fingerprint density at radius 3 is 2.53 bits per heavy atom. The van der Waals surface area contributed by atoms with Crippen molar-refractivity contribution in [2.75, 3.05) is 0 Å². The van der Waals surface area contributed by atoms with E-state index in [1.807, 2.05) is 43.5 Å². The highest BCUT2D eigenvalue weighted by Gasteiger charge is 2.14. The number of hydrogen-bond acceptors (Lipinski definition) is 3. The first-order valence-electron chi connectivity index (χ1n) is 5.34. The van der Waals surface area contributed by atoms with Crippen molar-refractivity contribution in [3.63, 3.8) is 0 Å². The van der Waals surface area contributed by atoms with Crippen molar-refractivity contribution in [1.29, 1.82) is 0 Å². The predicted octanol–water partition coefficient (Wildman–Crippen LogP) is 2.60. The third kappa shape index (κ3) is 2.64. The van der Waals surface area contributed by atoms with Crippen LogP contribution >= 0.6 is 11.6 Å². The first-order chi connectivity index (χ1) is 8.22. The van der Waals surface area contributed by atoms with Crippen LogP contribution in [0.5, 0.6) is 0 Å². The standard InChI is InChI=1S/C13H14ClN3/c1-9-8-16-7-6-12(9)13(17-15)10-2-4-11(14)5-3-10/h2-8,13,17H,15H2,1H3. The number of hydrazine groups is 1. The quantitative estimate of drug-likeness (QED) is 0.648. The first-order valence-corrected chi connectivity index (χ1v) is 5.72. The highest BCUT2D eigenvalue weighted by atomic mass is 35.5. The van der Waals surface area contributed by atoms with Gasteiger partial charge in [0, 0.05) is 17.4 Å². The molecule has 88 valence electrons. The van der Waals surface area contributed by atoms with E-state index in [1.54, 1.807) is 6.20 Å². The second kappa shape index (κ2) is 5.27. The van der Waals surface area contributed by atoms with Gasteiger partial charge in [0.05, 0.1) is 6.04 Å². The van der Waals surface area contributed by atoms with Crippen molar-refractivity contribution in [2.45, 2.75) is 13.0 Å². The number of rotatable bonds is 3. The topological polar surface area (TPSA) is 50.9 Å². The molecule has 1 heterocycles. The number of nitrogens with one attached hydrogen (secondary N) is 1. The molecule has 1 unspecified atom stereocenters. The first kappa shape index (κ1) is 12.0. The van der Waals surface area contributed by atoms with E-state index in [0.29, 0.717) is 0 Å². The minimum atomic E-state index is -0.0460. The van der Waals surface area contributed by atoms with E-state index >= 15 is 0 Å². The molecule has 2 rings (SSSR count). The average Bonchev–Trinajstić information content (AvgIpc) is 2.35. The summed E-state index contributed by atoms with van der Waals surface area (Å²) in [6.45, 7) is 2.02. The molecule has 17 heavy (non-hydrogen) atoms. The Bertz CT molecular complexity index is 496. The molecule has 4 heteroatoms. The molecule has 0 bridgehead atoms. The minimum absolute atomic E-state index is 0.0460. The Morgan fingerprint density at radius 2 is 1.94 bits per heavy atom. The molecular formula is C13H14ClN3. The van der Waals surface area contributed by atoms with Crippen molar-refractivity contribution in [3.05, 3.63) is 64.4 Å². The molecule has 0 saturated heterocycles. The van der Waals surface area contributed by atoms with Gasteiger partial charge in [0.1, 0.15) is 0 Å². The Labute approximate surface area is 106 Å². The molecule has 0 fully saturated rings. The van der Waals surface area contributed by atoms with Crippen molar-refractivity contribution >= 4 is 11.6 Å². The molecular weight excluding hydrogens is 234 g/mol. The van der Waals surface area contributed by atoms with Gasteiger partial charge in [-0.1, -0.05) is 23.7 Å². The van der Waals surface area contributed by atoms with Gasteiger partial charge in [0.25, 0.3) is 0 Å². The number of hydrogen-bond donors (Lipinski definition) is 2. The van der Waals surface area contributed by atoms with Crippen molar-refractivity contribution in [2.24, 2.45) is 5.84 Å². The fourth-order valence-corrected chi connectivity index (χ4v) is 1.95. The maximum atomic E-state index is 5.88. The summed E-state index contributed by atoms with van der Waals surface area (Å²) in [5.41, 5.74) is 6.12. The molecule has 0 aliphatic heterocycles. The van der Waals surface area contributed by atoms with Gasteiger partial charge < -0.3 is 0 Å². The third-order valence-corrected chi connectivity index (χ3v) is 3.00. The van der Waals surface area contributed by atoms with E-state index in [-0.39, 0.29) is 6.04 Å². The van der Waals surface area contributed by atoms with Gasteiger partial charge in [0.2, 0.25) is 0 Å². The molecule has 0 aliphatic carbocycles. The van der Waals surface area contributed by atoms with Gasteiger partial charge >= 0.3 is 0 Å². The number of pyridine rings is 1. The molecule has 1 aromatic carbocycles. The molecule has 1 aromatic heterocycles. The van der Waals surface area contributed by atoms with E-state index in [1.165, 1.54) is 0 Å². The Balaban J connectivity index is 2.40. The van der Waals surface area contributed by atoms with Gasteiger partial charge in [-0.15, -0.1) is 0 Å². The normalized spacial score (nSPS) is 12.4. The zero-order valence-corrected chi connectivity index (χ0v) is 10.3.